The van der Waals surface area contributed by atoms with Gasteiger partial charge >= 0.3 is 0 Å². The fourth-order valence-corrected chi connectivity index (χ4v) is 3.98. The predicted octanol–water partition coefficient (Wildman–Crippen LogP) is 1.88. The van der Waals surface area contributed by atoms with Gasteiger partial charge < -0.3 is 16.0 Å². The van der Waals surface area contributed by atoms with Crippen LogP contribution in [0.4, 0.5) is 0 Å². The smallest absolute Gasteiger partial charge is 0.225 e. The zero-order valence-electron chi connectivity index (χ0n) is 13.4. The number of carbonyl (C=O) groups excluding carboxylic acids is 1. The fourth-order valence-electron chi connectivity index (χ4n) is 3.98. The lowest BCUT2D eigenvalue weighted by Crippen LogP contribution is -2.56. The zero-order chi connectivity index (χ0) is 14.8. The van der Waals surface area contributed by atoms with Crippen LogP contribution in [0.1, 0.15) is 58.3 Å². The monoisotopic (exact) mass is 281 g/mol. The number of nitrogens with one attached hydrogen (secondary N) is 1. The molecule has 116 valence electrons. The first-order valence-corrected chi connectivity index (χ1v) is 8.11. The lowest BCUT2D eigenvalue weighted by Gasteiger charge is -2.40. The molecule has 0 radical (unpaired) electrons. The van der Waals surface area contributed by atoms with Crippen LogP contribution in [0.25, 0.3) is 0 Å². The van der Waals surface area contributed by atoms with Crippen molar-refractivity contribution in [3.05, 3.63) is 0 Å². The summed E-state index contributed by atoms with van der Waals surface area (Å²) in [5.74, 6) is 0.152. The summed E-state index contributed by atoms with van der Waals surface area (Å²) in [5.41, 5.74) is 6.16. The highest BCUT2D eigenvalue weighted by Crippen LogP contribution is 2.34. The third kappa shape index (κ3) is 3.17. The number of hydrogen-bond acceptors (Lipinski definition) is 3. The van der Waals surface area contributed by atoms with Crippen LogP contribution in [0.5, 0.6) is 0 Å². The van der Waals surface area contributed by atoms with Crippen molar-refractivity contribution >= 4 is 5.91 Å². The van der Waals surface area contributed by atoms with E-state index in [1.54, 1.807) is 0 Å². The van der Waals surface area contributed by atoms with Crippen LogP contribution in [-0.4, -0.2) is 42.5 Å². The highest BCUT2D eigenvalue weighted by molar-refractivity contribution is 5.80. The maximum absolute atomic E-state index is 12.5. The third-order valence-electron chi connectivity index (χ3n) is 5.65. The van der Waals surface area contributed by atoms with E-state index >= 15 is 0 Å². The predicted molar refractivity (Wildman–Crippen MR) is 82.4 cm³/mol. The van der Waals surface area contributed by atoms with Gasteiger partial charge in [0.15, 0.2) is 0 Å². The highest BCUT2D eigenvalue weighted by Gasteiger charge is 2.40. The summed E-state index contributed by atoms with van der Waals surface area (Å²) in [4.78, 5) is 14.8. The Balaban J connectivity index is 1.94. The Morgan fingerprint density at radius 2 is 1.80 bits per heavy atom. The second-order valence-corrected chi connectivity index (χ2v) is 7.35. The van der Waals surface area contributed by atoms with Crippen LogP contribution < -0.4 is 11.1 Å². The minimum atomic E-state index is -0.330. The molecule has 0 aromatic carbocycles. The van der Waals surface area contributed by atoms with Crippen LogP contribution in [-0.2, 0) is 4.79 Å². The molecule has 2 aliphatic carbocycles. The molecule has 3 N–H and O–H groups in total. The average molecular weight is 281 g/mol. The van der Waals surface area contributed by atoms with Gasteiger partial charge in [0.05, 0.1) is 5.92 Å². The number of carbonyl (C=O) groups is 1. The molecular weight excluding hydrogens is 250 g/mol. The Kier molecular flexibility index (Phi) is 4.75. The van der Waals surface area contributed by atoms with Crippen molar-refractivity contribution in [2.75, 3.05) is 20.6 Å². The summed E-state index contributed by atoms with van der Waals surface area (Å²) >= 11 is 0. The van der Waals surface area contributed by atoms with Gasteiger partial charge in [0, 0.05) is 17.6 Å². The van der Waals surface area contributed by atoms with Crippen LogP contribution >= 0.6 is 0 Å². The summed E-state index contributed by atoms with van der Waals surface area (Å²) in [5, 5.41) is 3.21. The Bertz CT molecular complexity index is 346. The quantitative estimate of drug-likeness (QED) is 0.827. The average Bonchev–Trinajstić information content (AvgIpc) is 2.85. The fraction of sp³-hybridized carbons (Fsp3) is 0.938. The molecule has 2 saturated carbocycles. The second-order valence-electron chi connectivity index (χ2n) is 7.35. The van der Waals surface area contributed by atoms with E-state index in [2.05, 4.69) is 24.3 Å². The van der Waals surface area contributed by atoms with Crippen molar-refractivity contribution in [2.24, 2.45) is 11.7 Å². The molecule has 0 heterocycles. The maximum Gasteiger partial charge on any atom is 0.225 e. The van der Waals surface area contributed by atoms with Gasteiger partial charge in [-0.25, -0.2) is 0 Å². The van der Waals surface area contributed by atoms with Gasteiger partial charge in [-0.05, 0) is 46.7 Å². The molecule has 0 spiro atoms. The number of nitrogens with two attached hydrogens (primary N) is 1. The molecule has 0 saturated heterocycles. The van der Waals surface area contributed by atoms with Crippen LogP contribution in [0.2, 0.25) is 0 Å². The molecule has 2 rings (SSSR count). The molecule has 2 aliphatic rings. The second kappa shape index (κ2) is 6.02. The first kappa shape index (κ1) is 15.8. The molecule has 2 fully saturated rings. The van der Waals surface area contributed by atoms with E-state index in [0.29, 0.717) is 0 Å². The van der Waals surface area contributed by atoms with E-state index < -0.39 is 0 Å². The first-order chi connectivity index (χ1) is 9.37. The van der Waals surface area contributed by atoms with E-state index in [4.69, 9.17) is 5.73 Å². The molecule has 0 bridgehead atoms. The number of hydrogen-bond donors (Lipinski definition) is 2. The lowest BCUT2D eigenvalue weighted by atomic mass is 9.74. The van der Waals surface area contributed by atoms with Gasteiger partial charge in [0.2, 0.25) is 5.91 Å². The van der Waals surface area contributed by atoms with Crippen molar-refractivity contribution in [1.29, 1.82) is 0 Å². The summed E-state index contributed by atoms with van der Waals surface area (Å²) in [6.07, 6.45) is 9.09. The van der Waals surface area contributed by atoms with Crippen molar-refractivity contribution < 1.29 is 4.79 Å². The third-order valence-corrected chi connectivity index (χ3v) is 5.65. The number of likely N-dealkylation sites (N-methyl/N-ethyl adjacent to an activating group) is 1. The number of rotatable bonds is 4. The van der Waals surface area contributed by atoms with Crippen LogP contribution in [0.3, 0.4) is 0 Å². The normalized spacial score (nSPS) is 33.4. The van der Waals surface area contributed by atoms with E-state index in [9.17, 15) is 4.79 Å². The molecule has 4 heteroatoms. The molecule has 0 aromatic rings. The molecule has 0 aliphatic heterocycles. The van der Waals surface area contributed by atoms with Gasteiger partial charge in [0.1, 0.15) is 0 Å². The molecular formula is C16H31N3O. The molecule has 1 amide bonds. The Morgan fingerprint density at radius 1 is 1.20 bits per heavy atom. The highest BCUT2D eigenvalue weighted by atomic mass is 16.2. The minimum absolute atomic E-state index is 0.0168. The SMILES string of the molecule is CN(C)C1(CNC(=O)C2CCCCC2(C)N)CCCC1. The summed E-state index contributed by atoms with van der Waals surface area (Å²) in [6, 6.07) is 0. The lowest BCUT2D eigenvalue weighted by molar-refractivity contribution is -0.128. The Morgan fingerprint density at radius 3 is 2.35 bits per heavy atom. The van der Waals surface area contributed by atoms with E-state index in [0.717, 1.165) is 32.2 Å². The molecule has 2 unspecified atom stereocenters. The van der Waals surface area contributed by atoms with E-state index in [-0.39, 0.29) is 22.9 Å². The molecule has 2 atom stereocenters. The standard InChI is InChI=1S/C16H31N3O/c1-15(17)9-5-4-8-13(15)14(20)18-12-16(19(2)3)10-6-7-11-16/h13H,4-12,17H2,1-3H3,(H,18,20). The van der Waals surface area contributed by atoms with Crippen molar-refractivity contribution in [3.8, 4) is 0 Å². The van der Waals surface area contributed by atoms with E-state index in [1.807, 2.05) is 6.92 Å². The first-order valence-electron chi connectivity index (χ1n) is 8.11. The zero-order valence-corrected chi connectivity index (χ0v) is 13.4. The summed E-state index contributed by atoms with van der Waals surface area (Å²) < 4.78 is 0. The van der Waals surface area contributed by atoms with Crippen molar-refractivity contribution in [1.82, 2.24) is 10.2 Å². The number of nitrogens with zero attached hydrogens (tertiary/aromatic N) is 1. The minimum Gasteiger partial charge on any atom is -0.354 e. The van der Waals surface area contributed by atoms with Crippen LogP contribution in [0.15, 0.2) is 0 Å². The van der Waals surface area contributed by atoms with Crippen molar-refractivity contribution in [2.45, 2.75) is 69.4 Å². The van der Waals surface area contributed by atoms with Gasteiger partial charge in [-0.15, -0.1) is 0 Å². The maximum atomic E-state index is 12.5. The van der Waals surface area contributed by atoms with Gasteiger partial charge in [-0.2, -0.15) is 0 Å². The largest absolute Gasteiger partial charge is 0.354 e. The molecule has 0 aromatic heterocycles. The van der Waals surface area contributed by atoms with Crippen molar-refractivity contribution in [3.63, 3.8) is 0 Å². The number of amides is 1. The van der Waals surface area contributed by atoms with Gasteiger partial charge in [-0.1, -0.05) is 25.7 Å². The molecule has 4 nitrogen and oxygen atoms in total. The van der Waals surface area contributed by atoms with Gasteiger partial charge in [0.25, 0.3) is 0 Å². The van der Waals surface area contributed by atoms with E-state index in [1.165, 1.54) is 25.7 Å². The summed E-state index contributed by atoms with van der Waals surface area (Å²) in [6.45, 7) is 2.80. The Labute approximate surface area is 123 Å². The van der Waals surface area contributed by atoms with Crippen LogP contribution in [0, 0.1) is 5.92 Å². The van der Waals surface area contributed by atoms with Gasteiger partial charge in [-0.3, -0.25) is 4.79 Å². The topological polar surface area (TPSA) is 58.4 Å². The Hall–Kier alpha value is -0.610. The summed E-state index contributed by atoms with van der Waals surface area (Å²) in [7, 11) is 4.26. The molecule has 20 heavy (non-hydrogen) atoms.